The van der Waals surface area contributed by atoms with E-state index in [0.717, 1.165) is 6.42 Å². The smallest absolute Gasteiger partial charge is 0.323 e. The second kappa shape index (κ2) is 7.55. The minimum atomic E-state index is -1.03. The van der Waals surface area contributed by atoms with Crippen molar-refractivity contribution in [2.75, 3.05) is 6.54 Å². The maximum absolute atomic E-state index is 11.8. The van der Waals surface area contributed by atoms with Crippen LogP contribution in [0.5, 0.6) is 0 Å². The average molecular weight is 240 g/mol. The Hall–Kier alpha value is -1.70. The molecule has 0 aliphatic carbocycles. The number of carbonyl (C=O) groups excluding carboxylic acids is 1. The molecule has 5 nitrogen and oxygen atoms in total. The number of amides is 2. The summed E-state index contributed by atoms with van der Waals surface area (Å²) in [5.74, 6) is 1.45. The quantitative estimate of drug-likeness (QED) is 0.687. The molecule has 0 aliphatic rings. The lowest BCUT2D eigenvalue weighted by molar-refractivity contribution is -0.138. The van der Waals surface area contributed by atoms with Crippen LogP contribution in [0.1, 0.15) is 33.6 Å². The van der Waals surface area contributed by atoms with Crippen LogP contribution in [0.4, 0.5) is 4.79 Å². The fourth-order valence-electron chi connectivity index (χ4n) is 1.33. The Morgan fingerprint density at radius 1 is 1.47 bits per heavy atom. The normalized spacial score (nSPS) is 11.7. The molecule has 0 saturated carbocycles. The molecule has 1 unspecified atom stereocenters. The van der Waals surface area contributed by atoms with Crippen LogP contribution < -0.4 is 5.32 Å². The second-order valence-electron chi connectivity index (χ2n) is 4.08. The van der Waals surface area contributed by atoms with Gasteiger partial charge in [0, 0.05) is 18.5 Å². The Labute approximate surface area is 102 Å². The van der Waals surface area contributed by atoms with Gasteiger partial charge in [-0.05, 0) is 20.3 Å². The number of nitrogens with zero attached hydrogens (tertiary/aromatic N) is 1. The van der Waals surface area contributed by atoms with Crippen LogP contribution >= 0.6 is 0 Å². The van der Waals surface area contributed by atoms with E-state index >= 15 is 0 Å². The van der Waals surface area contributed by atoms with Crippen LogP contribution in [-0.2, 0) is 4.79 Å². The van der Waals surface area contributed by atoms with Crippen molar-refractivity contribution in [3.63, 3.8) is 0 Å². The molecule has 5 heteroatoms. The van der Waals surface area contributed by atoms with Crippen molar-refractivity contribution in [3.05, 3.63) is 0 Å². The van der Waals surface area contributed by atoms with Crippen molar-refractivity contribution >= 4 is 12.0 Å². The van der Waals surface area contributed by atoms with Crippen molar-refractivity contribution in [2.45, 2.75) is 45.7 Å². The van der Waals surface area contributed by atoms with Gasteiger partial charge in [-0.2, -0.15) is 0 Å². The Bertz CT molecular complexity index is 307. The molecule has 0 aromatic heterocycles. The number of terminal acetylenes is 1. The number of carbonyl (C=O) groups is 2. The molecule has 1 atom stereocenters. The van der Waals surface area contributed by atoms with E-state index in [9.17, 15) is 9.59 Å². The van der Waals surface area contributed by atoms with E-state index in [1.165, 1.54) is 4.90 Å². The van der Waals surface area contributed by atoms with E-state index in [1.807, 2.05) is 6.92 Å². The van der Waals surface area contributed by atoms with Gasteiger partial charge in [-0.1, -0.05) is 6.92 Å². The molecular weight excluding hydrogens is 220 g/mol. The highest BCUT2D eigenvalue weighted by Gasteiger charge is 2.21. The number of hydrogen-bond donors (Lipinski definition) is 2. The standard InChI is InChI=1S/C12H20N2O3/c1-5-7-10(6-2)13-12(17)14(9(3)4)8-11(15)16/h1,9-10H,6-8H2,2-4H3,(H,13,17)(H,15,16). The molecule has 0 bridgehead atoms. The molecule has 17 heavy (non-hydrogen) atoms. The minimum Gasteiger partial charge on any atom is -0.480 e. The van der Waals surface area contributed by atoms with Gasteiger partial charge in [0.1, 0.15) is 6.54 Å². The predicted octanol–water partition coefficient (Wildman–Crippen LogP) is 1.29. The monoisotopic (exact) mass is 240 g/mol. The first-order chi connectivity index (χ1) is 7.92. The molecule has 0 rings (SSSR count). The van der Waals surface area contributed by atoms with Crippen LogP contribution in [0.2, 0.25) is 0 Å². The minimum absolute atomic E-state index is 0.109. The van der Waals surface area contributed by atoms with Crippen LogP contribution in [0.25, 0.3) is 0 Å². The van der Waals surface area contributed by atoms with E-state index in [-0.39, 0.29) is 24.7 Å². The Morgan fingerprint density at radius 2 is 2.06 bits per heavy atom. The molecular formula is C12H20N2O3. The highest BCUT2D eigenvalue weighted by molar-refractivity contribution is 5.80. The highest BCUT2D eigenvalue weighted by Crippen LogP contribution is 2.02. The summed E-state index contributed by atoms with van der Waals surface area (Å²) in [7, 11) is 0. The van der Waals surface area contributed by atoms with Gasteiger partial charge in [0.25, 0.3) is 0 Å². The molecule has 0 radical (unpaired) electrons. The SMILES string of the molecule is C#CCC(CC)NC(=O)N(CC(=O)O)C(C)C. The highest BCUT2D eigenvalue weighted by atomic mass is 16.4. The number of hydrogen-bond acceptors (Lipinski definition) is 2. The number of urea groups is 1. The Morgan fingerprint density at radius 3 is 2.41 bits per heavy atom. The molecule has 0 aliphatic heterocycles. The summed E-state index contributed by atoms with van der Waals surface area (Å²) in [4.78, 5) is 23.8. The van der Waals surface area contributed by atoms with E-state index < -0.39 is 5.97 Å². The van der Waals surface area contributed by atoms with Gasteiger partial charge in [-0.3, -0.25) is 4.79 Å². The molecule has 0 aromatic carbocycles. The third kappa shape index (κ3) is 5.81. The third-order valence-corrected chi connectivity index (χ3v) is 2.37. The van der Waals surface area contributed by atoms with Gasteiger partial charge in [-0.15, -0.1) is 12.3 Å². The lowest BCUT2D eigenvalue weighted by Crippen LogP contribution is -2.49. The van der Waals surface area contributed by atoms with Crippen molar-refractivity contribution in [3.8, 4) is 12.3 Å². The third-order valence-electron chi connectivity index (χ3n) is 2.37. The van der Waals surface area contributed by atoms with Crippen molar-refractivity contribution in [1.29, 1.82) is 0 Å². The number of carboxylic acid groups (broad SMARTS) is 1. The first-order valence-corrected chi connectivity index (χ1v) is 5.64. The zero-order valence-electron chi connectivity index (χ0n) is 10.6. The fourth-order valence-corrected chi connectivity index (χ4v) is 1.33. The molecule has 2 N–H and O–H groups in total. The number of nitrogens with one attached hydrogen (secondary N) is 1. The summed E-state index contributed by atoms with van der Waals surface area (Å²) >= 11 is 0. The molecule has 0 heterocycles. The van der Waals surface area contributed by atoms with Gasteiger partial charge >= 0.3 is 12.0 Å². The summed E-state index contributed by atoms with van der Waals surface area (Å²) in [6.07, 6.45) is 6.35. The zero-order chi connectivity index (χ0) is 13.4. The fraction of sp³-hybridized carbons (Fsp3) is 0.667. The molecule has 0 fully saturated rings. The lowest BCUT2D eigenvalue weighted by Gasteiger charge is -2.27. The molecule has 96 valence electrons. The Kier molecular flexibility index (Phi) is 6.80. The maximum Gasteiger partial charge on any atom is 0.323 e. The van der Waals surface area contributed by atoms with E-state index in [4.69, 9.17) is 11.5 Å². The first-order valence-electron chi connectivity index (χ1n) is 5.64. The van der Waals surface area contributed by atoms with Gasteiger partial charge in [0.05, 0.1) is 0 Å². The number of aliphatic carboxylic acids is 1. The topological polar surface area (TPSA) is 69.6 Å². The van der Waals surface area contributed by atoms with Gasteiger partial charge in [0.15, 0.2) is 0 Å². The van der Waals surface area contributed by atoms with Crippen molar-refractivity contribution in [2.24, 2.45) is 0 Å². The number of rotatable bonds is 6. The van der Waals surface area contributed by atoms with E-state index in [0.29, 0.717) is 6.42 Å². The lowest BCUT2D eigenvalue weighted by atomic mass is 10.1. The molecule has 0 saturated heterocycles. The van der Waals surface area contributed by atoms with Crippen molar-refractivity contribution in [1.82, 2.24) is 10.2 Å². The summed E-state index contributed by atoms with van der Waals surface area (Å²) in [6, 6.07) is -0.665. The summed E-state index contributed by atoms with van der Waals surface area (Å²) < 4.78 is 0. The zero-order valence-corrected chi connectivity index (χ0v) is 10.6. The predicted molar refractivity (Wildman–Crippen MR) is 65.5 cm³/mol. The second-order valence-corrected chi connectivity index (χ2v) is 4.08. The molecule has 0 spiro atoms. The van der Waals surface area contributed by atoms with E-state index in [1.54, 1.807) is 13.8 Å². The Balaban J connectivity index is 4.51. The number of carboxylic acids is 1. The van der Waals surface area contributed by atoms with Crippen LogP contribution in [0, 0.1) is 12.3 Å². The van der Waals surface area contributed by atoms with Crippen LogP contribution in [0.15, 0.2) is 0 Å². The van der Waals surface area contributed by atoms with Gasteiger partial charge < -0.3 is 15.3 Å². The maximum atomic E-state index is 11.8. The van der Waals surface area contributed by atoms with Crippen molar-refractivity contribution < 1.29 is 14.7 Å². The van der Waals surface area contributed by atoms with Crippen LogP contribution in [-0.4, -0.2) is 40.6 Å². The first kappa shape index (κ1) is 15.3. The summed E-state index contributed by atoms with van der Waals surface area (Å²) in [5.41, 5.74) is 0. The van der Waals surface area contributed by atoms with Gasteiger partial charge in [0.2, 0.25) is 0 Å². The van der Waals surface area contributed by atoms with E-state index in [2.05, 4.69) is 11.2 Å². The molecule has 2 amide bonds. The molecule has 0 aromatic rings. The average Bonchev–Trinajstić information content (AvgIpc) is 2.24. The summed E-state index contributed by atoms with van der Waals surface area (Å²) in [6.45, 7) is 5.14. The largest absolute Gasteiger partial charge is 0.480 e. The summed E-state index contributed by atoms with van der Waals surface area (Å²) in [5, 5.41) is 11.5. The van der Waals surface area contributed by atoms with Crippen LogP contribution in [0.3, 0.4) is 0 Å². The van der Waals surface area contributed by atoms with Gasteiger partial charge in [-0.25, -0.2) is 4.79 Å².